The molecule has 2 rings (SSSR count). The predicted octanol–water partition coefficient (Wildman–Crippen LogP) is 1.30. The van der Waals surface area contributed by atoms with Gasteiger partial charge in [-0.3, -0.25) is 4.79 Å². The SMILES string of the molecule is CCCCOC(=O)[C@]1(NC(=O)OC(C)(C)C)C[C@H](O)[C@H]2[C@H](C(=O)O)[C@H]21. The molecule has 0 aromatic rings. The van der Waals surface area contributed by atoms with E-state index in [2.05, 4.69) is 5.32 Å². The van der Waals surface area contributed by atoms with Gasteiger partial charge in [0.15, 0.2) is 0 Å². The number of aliphatic hydroxyl groups is 1. The number of rotatable bonds is 6. The first-order valence-electron chi connectivity index (χ1n) is 8.62. The van der Waals surface area contributed by atoms with E-state index in [-0.39, 0.29) is 13.0 Å². The highest BCUT2D eigenvalue weighted by atomic mass is 16.6. The van der Waals surface area contributed by atoms with Crippen LogP contribution in [0.4, 0.5) is 4.79 Å². The van der Waals surface area contributed by atoms with Gasteiger partial charge < -0.3 is 25.0 Å². The van der Waals surface area contributed by atoms with Crippen LogP contribution < -0.4 is 5.32 Å². The van der Waals surface area contributed by atoms with E-state index in [1.54, 1.807) is 20.8 Å². The molecule has 25 heavy (non-hydrogen) atoms. The quantitative estimate of drug-likeness (QED) is 0.484. The molecule has 2 fully saturated rings. The lowest BCUT2D eigenvalue weighted by atomic mass is 9.89. The summed E-state index contributed by atoms with van der Waals surface area (Å²) in [6.45, 7) is 7.17. The highest BCUT2D eigenvalue weighted by Crippen LogP contribution is 2.62. The van der Waals surface area contributed by atoms with Crippen molar-refractivity contribution in [2.24, 2.45) is 17.8 Å². The van der Waals surface area contributed by atoms with Crippen molar-refractivity contribution < 1.29 is 34.1 Å². The maximum absolute atomic E-state index is 12.7. The number of carboxylic acids is 1. The minimum Gasteiger partial charge on any atom is -0.481 e. The molecule has 0 aromatic carbocycles. The number of ether oxygens (including phenoxy) is 2. The van der Waals surface area contributed by atoms with Gasteiger partial charge in [0.05, 0.1) is 18.6 Å². The largest absolute Gasteiger partial charge is 0.481 e. The van der Waals surface area contributed by atoms with Crippen LogP contribution in [0, 0.1) is 17.8 Å². The maximum Gasteiger partial charge on any atom is 0.408 e. The van der Waals surface area contributed by atoms with Gasteiger partial charge in [-0.15, -0.1) is 0 Å². The summed E-state index contributed by atoms with van der Waals surface area (Å²) in [5.41, 5.74) is -2.34. The summed E-state index contributed by atoms with van der Waals surface area (Å²) in [6, 6.07) is 0. The summed E-state index contributed by atoms with van der Waals surface area (Å²) >= 11 is 0. The van der Waals surface area contributed by atoms with Crippen molar-refractivity contribution in [2.75, 3.05) is 6.61 Å². The number of nitrogens with one attached hydrogen (secondary N) is 1. The summed E-state index contributed by atoms with van der Waals surface area (Å²) < 4.78 is 10.5. The molecule has 0 unspecified atom stereocenters. The van der Waals surface area contributed by atoms with Gasteiger partial charge in [0, 0.05) is 18.3 Å². The van der Waals surface area contributed by atoms with Crippen LogP contribution in [0.5, 0.6) is 0 Å². The van der Waals surface area contributed by atoms with Gasteiger partial charge in [0.1, 0.15) is 11.1 Å². The van der Waals surface area contributed by atoms with Crippen LogP contribution >= 0.6 is 0 Å². The zero-order valence-electron chi connectivity index (χ0n) is 15.1. The van der Waals surface area contributed by atoms with Crippen molar-refractivity contribution >= 4 is 18.0 Å². The summed E-state index contributed by atoms with van der Waals surface area (Å²) in [4.78, 5) is 36.3. The Morgan fingerprint density at radius 2 is 1.92 bits per heavy atom. The molecule has 142 valence electrons. The molecule has 0 aromatic heterocycles. The van der Waals surface area contributed by atoms with Crippen molar-refractivity contribution in [3.8, 4) is 0 Å². The minimum atomic E-state index is -1.57. The zero-order chi connectivity index (χ0) is 19.0. The van der Waals surface area contributed by atoms with E-state index in [0.29, 0.717) is 6.42 Å². The molecule has 3 N–H and O–H groups in total. The summed E-state index contributed by atoms with van der Waals surface area (Å²) in [5.74, 6) is -3.93. The van der Waals surface area contributed by atoms with Crippen LogP contribution in [0.1, 0.15) is 47.0 Å². The lowest BCUT2D eigenvalue weighted by Gasteiger charge is -2.32. The fraction of sp³-hybridized carbons (Fsp3) is 0.824. The van der Waals surface area contributed by atoms with Gasteiger partial charge >= 0.3 is 18.0 Å². The fourth-order valence-electron chi connectivity index (χ4n) is 3.70. The molecular weight excluding hydrogens is 330 g/mol. The third-order valence-corrected chi connectivity index (χ3v) is 4.72. The fourth-order valence-corrected chi connectivity index (χ4v) is 3.70. The van der Waals surface area contributed by atoms with Crippen LogP contribution in [0.2, 0.25) is 0 Å². The van der Waals surface area contributed by atoms with E-state index >= 15 is 0 Å². The number of carbonyl (C=O) groups is 3. The van der Waals surface area contributed by atoms with Gasteiger partial charge in [0.2, 0.25) is 0 Å². The Bertz CT molecular complexity index is 556. The molecule has 0 spiro atoms. The molecule has 1 amide bonds. The van der Waals surface area contributed by atoms with E-state index in [1.807, 2.05) is 6.92 Å². The molecule has 0 heterocycles. The van der Waals surface area contributed by atoms with E-state index in [4.69, 9.17) is 9.47 Å². The number of esters is 1. The number of alkyl carbamates (subject to hydrolysis) is 1. The van der Waals surface area contributed by atoms with E-state index in [9.17, 15) is 24.6 Å². The van der Waals surface area contributed by atoms with E-state index in [0.717, 1.165) is 6.42 Å². The van der Waals surface area contributed by atoms with Gasteiger partial charge in [-0.1, -0.05) is 13.3 Å². The second-order valence-corrected chi connectivity index (χ2v) is 7.83. The molecule has 0 saturated heterocycles. The minimum absolute atomic E-state index is 0.0731. The molecule has 8 heteroatoms. The van der Waals surface area contributed by atoms with Crippen LogP contribution in [0.25, 0.3) is 0 Å². The zero-order valence-corrected chi connectivity index (χ0v) is 15.1. The first-order chi connectivity index (χ1) is 11.5. The maximum atomic E-state index is 12.7. The molecular formula is C17H27NO7. The predicted molar refractivity (Wildman–Crippen MR) is 86.7 cm³/mol. The van der Waals surface area contributed by atoms with Crippen LogP contribution in [-0.2, 0) is 19.1 Å². The summed E-state index contributed by atoms with van der Waals surface area (Å²) in [5, 5.41) is 22.0. The Morgan fingerprint density at radius 3 is 2.40 bits per heavy atom. The Labute approximate surface area is 146 Å². The number of aliphatic hydroxyl groups excluding tert-OH is 1. The molecule has 0 radical (unpaired) electrons. The van der Waals surface area contributed by atoms with Crippen molar-refractivity contribution in [3.05, 3.63) is 0 Å². The summed E-state index contributed by atoms with van der Waals surface area (Å²) in [7, 11) is 0. The highest BCUT2D eigenvalue weighted by molar-refractivity contribution is 5.90. The molecule has 5 atom stereocenters. The number of aliphatic carboxylic acids is 1. The number of fused-ring (bicyclic) bond motifs is 1. The average Bonchev–Trinajstić information content (AvgIpc) is 3.14. The lowest BCUT2D eigenvalue weighted by molar-refractivity contribution is -0.154. The normalized spacial score (nSPS) is 33.3. The molecule has 0 aliphatic heterocycles. The van der Waals surface area contributed by atoms with Crippen molar-refractivity contribution in [3.63, 3.8) is 0 Å². The van der Waals surface area contributed by atoms with Crippen LogP contribution in [0.15, 0.2) is 0 Å². The number of amides is 1. The van der Waals surface area contributed by atoms with Crippen LogP contribution in [-0.4, -0.2) is 52.1 Å². The van der Waals surface area contributed by atoms with E-state index in [1.165, 1.54) is 0 Å². The third kappa shape index (κ3) is 3.89. The number of hydrogen-bond donors (Lipinski definition) is 3. The number of hydrogen-bond acceptors (Lipinski definition) is 6. The number of carbonyl (C=O) groups excluding carboxylic acids is 2. The monoisotopic (exact) mass is 357 g/mol. The van der Waals surface area contributed by atoms with E-state index < -0.39 is 53.0 Å². The number of unbranched alkanes of at least 4 members (excludes halogenated alkanes) is 1. The average molecular weight is 357 g/mol. The third-order valence-electron chi connectivity index (χ3n) is 4.72. The standard InChI is InChI=1S/C17H27NO7/c1-5-6-7-24-14(22)17(18-15(23)25-16(2,3)4)8-9(19)10-11(12(10)17)13(20)21/h9-12,19H,5-8H2,1-4H3,(H,18,23)(H,20,21)/t9-,10-,11-,12-,17-/m0/s1. The Morgan fingerprint density at radius 1 is 1.28 bits per heavy atom. The van der Waals surface area contributed by atoms with Gasteiger partial charge in [0.25, 0.3) is 0 Å². The number of carboxylic acid groups (broad SMARTS) is 1. The van der Waals surface area contributed by atoms with Crippen molar-refractivity contribution in [1.29, 1.82) is 0 Å². The van der Waals surface area contributed by atoms with Crippen molar-refractivity contribution in [1.82, 2.24) is 5.32 Å². The molecule has 2 aliphatic rings. The van der Waals surface area contributed by atoms with Gasteiger partial charge in [-0.2, -0.15) is 0 Å². The molecule has 2 saturated carbocycles. The smallest absolute Gasteiger partial charge is 0.408 e. The first kappa shape index (κ1) is 19.5. The lowest BCUT2D eigenvalue weighted by Crippen LogP contribution is -2.58. The first-order valence-corrected chi connectivity index (χ1v) is 8.62. The summed E-state index contributed by atoms with van der Waals surface area (Å²) in [6.07, 6.45) is -0.404. The topological polar surface area (TPSA) is 122 Å². The van der Waals surface area contributed by atoms with Gasteiger partial charge in [-0.05, 0) is 27.2 Å². The molecule has 0 bridgehead atoms. The van der Waals surface area contributed by atoms with Crippen molar-refractivity contribution in [2.45, 2.75) is 64.2 Å². The Hall–Kier alpha value is -1.83. The van der Waals surface area contributed by atoms with Crippen LogP contribution in [0.3, 0.4) is 0 Å². The molecule has 8 nitrogen and oxygen atoms in total. The second kappa shape index (κ2) is 6.82. The highest BCUT2D eigenvalue weighted by Gasteiger charge is 2.76. The van der Waals surface area contributed by atoms with Gasteiger partial charge in [-0.25, -0.2) is 9.59 Å². The second-order valence-electron chi connectivity index (χ2n) is 7.83. The molecule has 2 aliphatic carbocycles. The Kier molecular flexibility index (Phi) is 5.32. The Balaban J connectivity index is 2.22.